The van der Waals surface area contributed by atoms with Gasteiger partial charge in [0.15, 0.2) is 0 Å². The molecule has 1 atom stereocenters. The van der Waals surface area contributed by atoms with Gasteiger partial charge in [0, 0.05) is 12.1 Å². The van der Waals surface area contributed by atoms with Crippen molar-refractivity contribution in [2.45, 2.75) is 26.4 Å². The van der Waals surface area contributed by atoms with Crippen LogP contribution in [0.25, 0.3) is 0 Å². The number of nitrogens with zero attached hydrogens (tertiary/aromatic N) is 2. The fourth-order valence-electron chi connectivity index (χ4n) is 2.20. The summed E-state index contributed by atoms with van der Waals surface area (Å²) in [6.07, 6.45) is 0. The van der Waals surface area contributed by atoms with Gasteiger partial charge in [0.05, 0.1) is 24.4 Å². The van der Waals surface area contributed by atoms with Gasteiger partial charge in [-0.1, -0.05) is 17.3 Å². The van der Waals surface area contributed by atoms with Gasteiger partial charge in [0.25, 0.3) is 0 Å². The Morgan fingerprint density at radius 1 is 1.50 bits per heavy atom. The fourth-order valence-corrected chi connectivity index (χ4v) is 2.20. The number of rotatable bonds is 5. The zero-order valence-corrected chi connectivity index (χ0v) is 12.7. The quantitative estimate of drug-likeness (QED) is 0.851. The number of esters is 1. The molecule has 0 saturated heterocycles. The van der Waals surface area contributed by atoms with Crippen LogP contribution in [0.3, 0.4) is 0 Å². The van der Waals surface area contributed by atoms with Crippen molar-refractivity contribution in [2.24, 2.45) is 0 Å². The number of aromatic nitrogens is 1. The molecule has 1 aromatic heterocycles. The number of carbonyl (C=O) groups excluding carboxylic acids is 1. The van der Waals surface area contributed by atoms with Crippen molar-refractivity contribution in [3.8, 4) is 6.07 Å². The van der Waals surface area contributed by atoms with Crippen LogP contribution in [0.2, 0.25) is 0 Å². The minimum atomic E-state index is -0.660. The Labute approximate surface area is 128 Å². The van der Waals surface area contributed by atoms with Gasteiger partial charge in [-0.05, 0) is 31.5 Å². The number of nitriles is 1. The standard InChI is InChI=1S/C16H17N3O3/c1-10-14(11(2)22-19-10)9-18-15(16(20)21-3)13-6-4-5-12(7-13)8-17/h4-7,15,18H,9H2,1-3H3/t15-/m0/s1. The van der Waals surface area contributed by atoms with E-state index in [0.29, 0.717) is 23.4 Å². The summed E-state index contributed by atoms with van der Waals surface area (Å²) in [5.41, 5.74) is 2.85. The normalized spacial score (nSPS) is 11.7. The maximum Gasteiger partial charge on any atom is 0.327 e. The minimum absolute atomic E-state index is 0.414. The topological polar surface area (TPSA) is 88.2 Å². The average Bonchev–Trinajstić information content (AvgIpc) is 2.86. The number of benzene rings is 1. The summed E-state index contributed by atoms with van der Waals surface area (Å²) < 4.78 is 9.95. The fraction of sp³-hybridized carbons (Fsp3) is 0.312. The number of hydrogen-bond acceptors (Lipinski definition) is 6. The van der Waals surface area contributed by atoms with Crippen LogP contribution in [0, 0.1) is 25.2 Å². The molecule has 0 fully saturated rings. The largest absolute Gasteiger partial charge is 0.468 e. The van der Waals surface area contributed by atoms with Crippen molar-refractivity contribution < 1.29 is 14.1 Å². The molecule has 6 nitrogen and oxygen atoms in total. The van der Waals surface area contributed by atoms with Gasteiger partial charge in [-0.25, -0.2) is 4.79 Å². The molecule has 0 amide bonds. The molecule has 0 bridgehead atoms. The van der Waals surface area contributed by atoms with Crippen LogP contribution < -0.4 is 5.32 Å². The predicted octanol–water partition coefficient (Wildman–Crippen LogP) is 2.17. The molecule has 2 aromatic rings. The van der Waals surface area contributed by atoms with Gasteiger partial charge < -0.3 is 9.26 Å². The Morgan fingerprint density at radius 3 is 2.86 bits per heavy atom. The molecule has 114 valence electrons. The molecule has 22 heavy (non-hydrogen) atoms. The van der Waals surface area contributed by atoms with Crippen LogP contribution in [0.15, 0.2) is 28.8 Å². The first-order valence-electron chi connectivity index (χ1n) is 6.79. The van der Waals surface area contributed by atoms with E-state index in [9.17, 15) is 4.79 Å². The third-order valence-corrected chi connectivity index (χ3v) is 3.45. The number of ether oxygens (including phenoxy) is 1. The monoisotopic (exact) mass is 299 g/mol. The van der Waals surface area contributed by atoms with Gasteiger partial charge in [-0.15, -0.1) is 0 Å². The van der Waals surface area contributed by atoms with E-state index in [1.165, 1.54) is 7.11 Å². The summed E-state index contributed by atoms with van der Waals surface area (Å²) in [5, 5.41) is 16.0. The lowest BCUT2D eigenvalue weighted by atomic mass is 10.0. The molecule has 2 rings (SSSR count). The van der Waals surface area contributed by atoms with Crippen LogP contribution in [0.5, 0.6) is 0 Å². The number of carbonyl (C=O) groups is 1. The predicted molar refractivity (Wildman–Crippen MR) is 78.7 cm³/mol. The molecular formula is C16H17N3O3. The summed E-state index contributed by atoms with van der Waals surface area (Å²) in [4.78, 5) is 12.0. The van der Waals surface area contributed by atoms with Crippen molar-refractivity contribution in [3.63, 3.8) is 0 Å². The first kappa shape index (κ1) is 15.7. The van der Waals surface area contributed by atoms with Crippen molar-refractivity contribution in [2.75, 3.05) is 7.11 Å². The first-order valence-corrected chi connectivity index (χ1v) is 6.79. The molecule has 6 heteroatoms. The molecule has 0 aliphatic carbocycles. The van der Waals surface area contributed by atoms with Crippen molar-refractivity contribution in [3.05, 3.63) is 52.4 Å². The van der Waals surface area contributed by atoms with Crippen LogP contribution in [-0.4, -0.2) is 18.2 Å². The number of nitrogens with one attached hydrogen (secondary N) is 1. The Hall–Kier alpha value is -2.65. The molecule has 0 aliphatic rings. The highest BCUT2D eigenvalue weighted by molar-refractivity contribution is 5.77. The second-order valence-corrected chi connectivity index (χ2v) is 4.88. The highest BCUT2D eigenvalue weighted by Crippen LogP contribution is 2.19. The summed E-state index contributed by atoms with van der Waals surface area (Å²) in [7, 11) is 1.33. The van der Waals surface area contributed by atoms with Crippen LogP contribution in [-0.2, 0) is 16.1 Å². The van der Waals surface area contributed by atoms with Crippen molar-refractivity contribution in [1.82, 2.24) is 10.5 Å². The Kier molecular flexibility index (Phi) is 4.92. The van der Waals surface area contributed by atoms with Crippen molar-refractivity contribution in [1.29, 1.82) is 5.26 Å². The molecule has 1 heterocycles. The van der Waals surface area contributed by atoms with E-state index in [1.54, 1.807) is 24.3 Å². The zero-order valence-electron chi connectivity index (χ0n) is 12.7. The van der Waals surface area contributed by atoms with Crippen molar-refractivity contribution >= 4 is 5.97 Å². The van der Waals surface area contributed by atoms with E-state index in [1.807, 2.05) is 13.8 Å². The molecule has 1 N–H and O–H groups in total. The third-order valence-electron chi connectivity index (χ3n) is 3.45. The third kappa shape index (κ3) is 3.32. The van der Waals surface area contributed by atoms with Gasteiger partial charge in [-0.2, -0.15) is 5.26 Å². The van der Waals surface area contributed by atoms with E-state index in [4.69, 9.17) is 14.5 Å². The second kappa shape index (κ2) is 6.87. The van der Waals surface area contributed by atoms with E-state index < -0.39 is 12.0 Å². The van der Waals surface area contributed by atoms with Crippen LogP contribution >= 0.6 is 0 Å². The molecule has 0 aliphatic heterocycles. The number of aryl methyl sites for hydroxylation is 2. The van der Waals surface area contributed by atoms with Gasteiger partial charge in [0.1, 0.15) is 11.8 Å². The Bertz CT molecular complexity index is 696. The molecular weight excluding hydrogens is 282 g/mol. The molecule has 0 radical (unpaired) electrons. The highest BCUT2D eigenvalue weighted by Gasteiger charge is 2.22. The summed E-state index contributed by atoms with van der Waals surface area (Å²) in [5.74, 6) is 0.293. The smallest absolute Gasteiger partial charge is 0.327 e. The van der Waals surface area contributed by atoms with E-state index in [0.717, 1.165) is 11.3 Å². The summed E-state index contributed by atoms with van der Waals surface area (Å²) in [6, 6.07) is 8.28. The average molecular weight is 299 g/mol. The van der Waals surface area contributed by atoms with E-state index in [2.05, 4.69) is 16.5 Å². The lowest BCUT2D eigenvalue weighted by Gasteiger charge is -2.17. The second-order valence-electron chi connectivity index (χ2n) is 4.88. The lowest BCUT2D eigenvalue weighted by molar-refractivity contribution is -0.143. The highest BCUT2D eigenvalue weighted by atomic mass is 16.5. The van der Waals surface area contributed by atoms with E-state index in [-0.39, 0.29) is 0 Å². The lowest BCUT2D eigenvalue weighted by Crippen LogP contribution is -2.29. The first-order chi connectivity index (χ1) is 10.6. The maximum atomic E-state index is 12.0. The molecule has 0 spiro atoms. The summed E-state index contributed by atoms with van der Waals surface area (Å²) >= 11 is 0. The zero-order chi connectivity index (χ0) is 16.1. The Balaban J connectivity index is 2.24. The maximum absolute atomic E-state index is 12.0. The molecule has 0 saturated carbocycles. The number of methoxy groups -OCH3 is 1. The molecule has 1 aromatic carbocycles. The van der Waals surface area contributed by atoms with Gasteiger partial charge in [0.2, 0.25) is 0 Å². The molecule has 0 unspecified atom stereocenters. The SMILES string of the molecule is COC(=O)[C@@H](NCc1c(C)noc1C)c1cccc(C#N)c1. The minimum Gasteiger partial charge on any atom is -0.468 e. The van der Waals surface area contributed by atoms with Crippen LogP contribution in [0.1, 0.15) is 34.2 Å². The van der Waals surface area contributed by atoms with E-state index >= 15 is 0 Å². The van der Waals surface area contributed by atoms with Crippen LogP contribution in [0.4, 0.5) is 0 Å². The Morgan fingerprint density at radius 2 is 2.27 bits per heavy atom. The van der Waals surface area contributed by atoms with Gasteiger partial charge in [-0.3, -0.25) is 5.32 Å². The van der Waals surface area contributed by atoms with Gasteiger partial charge >= 0.3 is 5.97 Å². The summed E-state index contributed by atoms with van der Waals surface area (Å²) in [6.45, 7) is 4.08. The number of hydrogen-bond donors (Lipinski definition) is 1.